The molecule has 202 valence electrons. The number of Topliss-reactive ketones (excluding diaryl/α,β-unsaturated/α-hetero) is 1. The maximum Gasteiger partial charge on any atom is 0.254 e. The van der Waals surface area contributed by atoms with Gasteiger partial charge in [0.25, 0.3) is 11.8 Å². The van der Waals surface area contributed by atoms with E-state index in [1.807, 2.05) is 41.8 Å². The highest BCUT2D eigenvalue weighted by Crippen LogP contribution is 2.33. The van der Waals surface area contributed by atoms with E-state index in [1.165, 1.54) is 17.8 Å². The van der Waals surface area contributed by atoms with Crippen LogP contribution in [0.2, 0.25) is 0 Å². The highest BCUT2D eigenvalue weighted by Gasteiger charge is 2.52. The SMILES string of the molecule is O=C(N[C@@H](CC1CCCCC1)C(=O)N1CC[C@@H]2[C@H]1C(=O)CN2C(=O)c1ccc2ccccc2c1)c1ccsc1. The molecule has 2 saturated heterocycles. The van der Waals surface area contributed by atoms with Gasteiger partial charge in [-0.25, -0.2) is 0 Å². The van der Waals surface area contributed by atoms with Gasteiger partial charge in [-0.2, -0.15) is 11.3 Å². The minimum absolute atomic E-state index is 0.000667. The lowest BCUT2D eigenvalue weighted by molar-refractivity contribution is -0.138. The number of ketones is 1. The number of amides is 3. The number of hydrogen-bond donors (Lipinski definition) is 1. The molecule has 1 saturated carbocycles. The Bertz CT molecular complexity index is 1400. The zero-order valence-corrected chi connectivity index (χ0v) is 22.7. The highest BCUT2D eigenvalue weighted by molar-refractivity contribution is 7.08. The standard InChI is InChI=1S/C31H33N3O4S/c35-27-18-34(30(37)23-11-10-21-8-4-5-9-22(21)17-23)26-12-14-33(28(26)27)31(38)25(16-20-6-2-1-3-7-20)32-29(36)24-13-15-39-19-24/h4-5,8-11,13,15,17,19-20,25-26,28H,1-3,6-7,12,14,16,18H2,(H,32,36)/t25-,26+,28-/m0/s1. The molecule has 2 aliphatic heterocycles. The predicted octanol–water partition coefficient (Wildman–Crippen LogP) is 4.66. The largest absolute Gasteiger partial charge is 0.340 e. The molecular weight excluding hydrogens is 510 g/mol. The van der Waals surface area contributed by atoms with Crippen molar-refractivity contribution in [1.29, 1.82) is 0 Å². The van der Waals surface area contributed by atoms with Gasteiger partial charge in [0.1, 0.15) is 12.1 Å². The van der Waals surface area contributed by atoms with E-state index in [9.17, 15) is 19.2 Å². The maximum atomic E-state index is 14.0. The van der Waals surface area contributed by atoms with Crippen LogP contribution >= 0.6 is 11.3 Å². The fraction of sp³-hybridized carbons (Fsp3) is 0.419. The van der Waals surface area contributed by atoms with Crippen molar-refractivity contribution in [2.45, 2.75) is 63.1 Å². The monoisotopic (exact) mass is 543 g/mol. The number of nitrogens with zero attached hydrogens (tertiary/aromatic N) is 2. The number of carbonyl (C=O) groups is 4. The second-order valence-corrected chi connectivity index (χ2v) is 11.9. The van der Waals surface area contributed by atoms with Crippen molar-refractivity contribution >= 4 is 45.6 Å². The highest BCUT2D eigenvalue weighted by atomic mass is 32.1. The number of benzene rings is 2. The molecule has 0 radical (unpaired) electrons. The zero-order chi connectivity index (χ0) is 26.9. The number of hydrogen-bond acceptors (Lipinski definition) is 5. The van der Waals surface area contributed by atoms with Gasteiger partial charge in [-0.05, 0) is 53.1 Å². The van der Waals surface area contributed by atoms with E-state index in [1.54, 1.807) is 27.3 Å². The molecule has 3 aromatic rings. The fourth-order valence-corrected chi connectivity index (χ4v) is 7.28. The molecule has 0 spiro atoms. The summed E-state index contributed by atoms with van der Waals surface area (Å²) in [5.41, 5.74) is 1.09. The summed E-state index contributed by atoms with van der Waals surface area (Å²) in [6.07, 6.45) is 6.73. The summed E-state index contributed by atoms with van der Waals surface area (Å²) in [7, 11) is 0. The summed E-state index contributed by atoms with van der Waals surface area (Å²) in [5, 5.41) is 8.65. The summed E-state index contributed by atoms with van der Waals surface area (Å²) in [6.45, 7) is 0.399. The van der Waals surface area contributed by atoms with Gasteiger partial charge in [0.15, 0.2) is 5.78 Å². The van der Waals surface area contributed by atoms with Crippen LogP contribution < -0.4 is 5.32 Å². The van der Waals surface area contributed by atoms with Crippen LogP contribution in [0.3, 0.4) is 0 Å². The Morgan fingerprint density at radius 2 is 1.72 bits per heavy atom. The van der Waals surface area contributed by atoms with Crippen molar-refractivity contribution in [3.8, 4) is 0 Å². The zero-order valence-electron chi connectivity index (χ0n) is 21.9. The summed E-state index contributed by atoms with van der Waals surface area (Å²) in [6, 6.07) is 13.5. The van der Waals surface area contributed by atoms with Crippen LogP contribution in [0.4, 0.5) is 0 Å². The third-order valence-electron chi connectivity index (χ3n) is 8.64. The molecule has 1 N–H and O–H groups in total. The van der Waals surface area contributed by atoms with Crippen LogP contribution in [0.25, 0.3) is 10.8 Å². The molecule has 0 bridgehead atoms. The molecule has 0 unspecified atom stereocenters. The number of carbonyl (C=O) groups excluding carboxylic acids is 4. The van der Waals surface area contributed by atoms with Crippen molar-refractivity contribution in [2.75, 3.05) is 13.1 Å². The molecule has 2 aromatic carbocycles. The normalized spacial score (nSPS) is 22.2. The molecule has 3 amide bonds. The van der Waals surface area contributed by atoms with Crippen LogP contribution in [0.5, 0.6) is 0 Å². The third-order valence-corrected chi connectivity index (χ3v) is 9.33. The molecule has 3 atom stereocenters. The molecule has 7 nitrogen and oxygen atoms in total. The van der Waals surface area contributed by atoms with Gasteiger partial charge in [0.2, 0.25) is 5.91 Å². The molecule has 8 heteroatoms. The molecule has 3 aliphatic rings. The van der Waals surface area contributed by atoms with Gasteiger partial charge in [-0.3, -0.25) is 19.2 Å². The van der Waals surface area contributed by atoms with E-state index in [2.05, 4.69) is 5.32 Å². The average molecular weight is 544 g/mol. The summed E-state index contributed by atoms with van der Waals surface area (Å²) >= 11 is 1.44. The first-order chi connectivity index (χ1) is 19.0. The molecule has 39 heavy (non-hydrogen) atoms. The van der Waals surface area contributed by atoms with Gasteiger partial charge in [-0.1, -0.05) is 62.4 Å². The van der Waals surface area contributed by atoms with Crippen molar-refractivity contribution in [2.24, 2.45) is 5.92 Å². The van der Waals surface area contributed by atoms with Crippen LogP contribution in [0.1, 0.15) is 65.7 Å². The second kappa shape index (κ2) is 10.9. The second-order valence-electron chi connectivity index (χ2n) is 11.1. The van der Waals surface area contributed by atoms with Crippen molar-refractivity contribution in [3.63, 3.8) is 0 Å². The molecule has 1 aliphatic carbocycles. The minimum atomic E-state index is -0.683. The number of rotatable bonds is 6. The van der Waals surface area contributed by atoms with Crippen molar-refractivity contribution in [3.05, 3.63) is 70.4 Å². The van der Waals surface area contributed by atoms with Gasteiger partial charge in [0, 0.05) is 17.5 Å². The first-order valence-corrected chi connectivity index (χ1v) is 14.9. The van der Waals surface area contributed by atoms with Gasteiger partial charge < -0.3 is 15.1 Å². The molecule has 3 fully saturated rings. The first-order valence-electron chi connectivity index (χ1n) is 14.0. The molecular formula is C31H33N3O4S. The number of nitrogens with one attached hydrogen (secondary N) is 1. The first kappa shape index (κ1) is 25.7. The maximum absolute atomic E-state index is 14.0. The van der Waals surface area contributed by atoms with Crippen LogP contribution in [0.15, 0.2) is 59.3 Å². The van der Waals surface area contributed by atoms with E-state index in [4.69, 9.17) is 0 Å². The lowest BCUT2D eigenvalue weighted by atomic mass is 9.84. The number of thiophene rings is 1. The van der Waals surface area contributed by atoms with Crippen molar-refractivity contribution < 1.29 is 19.2 Å². The minimum Gasteiger partial charge on any atom is -0.340 e. The smallest absolute Gasteiger partial charge is 0.254 e. The van der Waals surface area contributed by atoms with E-state index < -0.39 is 12.1 Å². The van der Waals surface area contributed by atoms with Crippen LogP contribution in [-0.4, -0.2) is 64.5 Å². The Morgan fingerprint density at radius 1 is 0.923 bits per heavy atom. The lowest BCUT2D eigenvalue weighted by Crippen LogP contribution is -2.53. The molecule has 6 rings (SSSR count). The van der Waals surface area contributed by atoms with Crippen molar-refractivity contribution in [1.82, 2.24) is 15.1 Å². The Morgan fingerprint density at radius 3 is 2.49 bits per heavy atom. The summed E-state index contributed by atoms with van der Waals surface area (Å²) in [5.74, 6) is -0.378. The Labute approximate surface area is 232 Å². The fourth-order valence-electron chi connectivity index (χ4n) is 6.64. The lowest BCUT2D eigenvalue weighted by Gasteiger charge is -2.31. The summed E-state index contributed by atoms with van der Waals surface area (Å²) in [4.78, 5) is 57.0. The summed E-state index contributed by atoms with van der Waals surface area (Å²) < 4.78 is 0. The third kappa shape index (κ3) is 5.10. The van der Waals surface area contributed by atoms with Gasteiger partial charge in [0.05, 0.1) is 18.2 Å². The van der Waals surface area contributed by atoms with E-state index >= 15 is 0 Å². The molecule has 3 heterocycles. The van der Waals surface area contributed by atoms with Crippen LogP contribution in [0, 0.1) is 5.92 Å². The van der Waals surface area contributed by atoms with Gasteiger partial charge >= 0.3 is 0 Å². The Hall–Kier alpha value is -3.52. The number of likely N-dealkylation sites (tertiary alicyclic amines) is 2. The average Bonchev–Trinajstić information content (AvgIpc) is 3.72. The van der Waals surface area contributed by atoms with Crippen LogP contribution in [-0.2, 0) is 9.59 Å². The van der Waals surface area contributed by atoms with E-state index in [-0.39, 0.29) is 36.1 Å². The Balaban J connectivity index is 1.20. The predicted molar refractivity (Wildman–Crippen MR) is 151 cm³/mol. The van der Waals surface area contributed by atoms with Gasteiger partial charge in [-0.15, -0.1) is 0 Å². The quantitative estimate of drug-likeness (QED) is 0.490. The molecule has 1 aromatic heterocycles. The topological polar surface area (TPSA) is 86.8 Å². The Kier molecular flexibility index (Phi) is 7.21. The van der Waals surface area contributed by atoms with E-state index in [0.717, 1.165) is 36.5 Å². The van der Waals surface area contributed by atoms with E-state index in [0.29, 0.717) is 36.4 Å². The number of fused-ring (bicyclic) bond motifs is 2.